The molecule has 3 heterocycles. The maximum Gasteiger partial charge on any atom is 0.199 e. The lowest BCUT2D eigenvalue weighted by Gasteiger charge is -2.01. The summed E-state index contributed by atoms with van der Waals surface area (Å²) in [5, 5.41) is 11.7. The summed E-state index contributed by atoms with van der Waals surface area (Å²) in [5.74, 6) is 0. The van der Waals surface area contributed by atoms with E-state index in [1.807, 2.05) is 27.4 Å². The van der Waals surface area contributed by atoms with E-state index < -0.39 is 0 Å². The Morgan fingerprint density at radius 2 is 1.95 bits per heavy atom. The molecule has 0 aliphatic heterocycles. The number of fused-ring (bicyclic) bond motifs is 3. The second-order valence-electron chi connectivity index (χ2n) is 5.18. The van der Waals surface area contributed by atoms with Crippen LogP contribution in [-0.2, 0) is 0 Å². The molecule has 5 nitrogen and oxygen atoms in total. The van der Waals surface area contributed by atoms with E-state index in [0.717, 1.165) is 22.4 Å². The number of aromatic amines is 1. The molecule has 21 heavy (non-hydrogen) atoms. The number of aromatic nitrogens is 5. The zero-order chi connectivity index (χ0) is 14.6. The van der Waals surface area contributed by atoms with Crippen molar-refractivity contribution in [1.82, 2.24) is 24.2 Å². The van der Waals surface area contributed by atoms with Crippen molar-refractivity contribution in [1.29, 1.82) is 0 Å². The van der Waals surface area contributed by atoms with Crippen molar-refractivity contribution in [2.24, 2.45) is 0 Å². The molecule has 3 aromatic heterocycles. The highest BCUT2D eigenvalue weighted by atomic mass is 32.1. The minimum Gasteiger partial charge on any atom is -0.272 e. The van der Waals surface area contributed by atoms with Gasteiger partial charge >= 0.3 is 0 Å². The van der Waals surface area contributed by atoms with E-state index in [2.05, 4.69) is 47.3 Å². The first kappa shape index (κ1) is 12.3. The fourth-order valence-corrected chi connectivity index (χ4v) is 2.66. The zero-order valence-corrected chi connectivity index (χ0v) is 12.5. The van der Waals surface area contributed by atoms with Crippen molar-refractivity contribution in [3.05, 3.63) is 52.6 Å². The number of hydrogen-bond acceptors (Lipinski definition) is 3. The second kappa shape index (κ2) is 4.26. The Kier molecular flexibility index (Phi) is 2.49. The molecule has 0 aliphatic carbocycles. The first-order chi connectivity index (χ1) is 10.1. The number of nitrogens with one attached hydrogen (secondary N) is 1. The van der Waals surface area contributed by atoms with E-state index in [0.29, 0.717) is 4.77 Å². The van der Waals surface area contributed by atoms with Crippen molar-refractivity contribution < 1.29 is 0 Å². The molecule has 1 N–H and O–H groups in total. The summed E-state index contributed by atoms with van der Waals surface area (Å²) in [6, 6.07) is 8.41. The standard InChI is InChI=1S/C15H13N5S/c1-9-3-4-11(7-10(9)2)12-8-13-14-16-17-15(21)19(14)5-6-20(13)18-12/h3-8H,1-2H3,(H,17,21). The van der Waals surface area contributed by atoms with Gasteiger partial charge in [0.2, 0.25) is 0 Å². The monoisotopic (exact) mass is 295 g/mol. The van der Waals surface area contributed by atoms with Gasteiger partial charge in [-0.25, -0.2) is 4.52 Å². The fourth-order valence-electron chi connectivity index (χ4n) is 2.47. The molecule has 0 radical (unpaired) electrons. The summed E-state index contributed by atoms with van der Waals surface area (Å²) in [6.07, 6.45) is 3.75. The van der Waals surface area contributed by atoms with Crippen LogP contribution in [0, 0.1) is 18.6 Å². The van der Waals surface area contributed by atoms with Crippen LogP contribution < -0.4 is 0 Å². The van der Waals surface area contributed by atoms with Gasteiger partial charge in [0.1, 0.15) is 5.52 Å². The Labute approximate surface area is 125 Å². The van der Waals surface area contributed by atoms with E-state index in [9.17, 15) is 0 Å². The number of H-pyrrole nitrogens is 1. The molecule has 0 aliphatic rings. The van der Waals surface area contributed by atoms with Crippen LogP contribution in [0.15, 0.2) is 36.7 Å². The third-order valence-electron chi connectivity index (χ3n) is 3.83. The van der Waals surface area contributed by atoms with Crippen LogP contribution in [0.25, 0.3) is 22.4 Å². The molecule has 1 aromatic carbocycles. The highest BCUT2D eigenvalue weighted by Crippen LogP contribution is 2.23. The maximum absolute atomic E-state index is 5.20. The Bertz CT molecular complexity index is 1040. The lowest BCUT2D eigenvalue weighted by Crippen LogP contribution is -1.92. The Morgan fingerprint density at radius 1 is 1.10 bits per heavy atom. The number of nitrogens with zero attached hydrogens (tertiary/aromatic N) is 4. The topological polar surface area (TPSA) is 50.4 Å². The lowest BCUT2D eigenvalue weighted by molar-refractivity contribution is 0.942. The highest BCUT2D eigenvalue weighted by molar-refractivity contribution is 7.71. The van der Waals surface area contributed by atoms with Gasteiger partial charge in [-0.15, -0.1) is 0 Å². The van der Waals surface area contributed by atoms with E-state index in [1.54, 1.807) is 0 Å². The summed E-state index contributed by atoms with van der Waals surface area (Å²) in [6.45, 7) is 4.22. The molecular formula is C15H13N5S. The largest absolute Gasteiger partial charge is 0.272 e. The smallest absolute Gasteiger partial charge is 0.199 e. The molecule has 6 heteroatoms. The number of benzene rings is 1. The minimum atomic E-state index is 0.585. The van der Waals surface area contributed by atoms with E-state index >= 15 is 0 Å². The van der Waals surface area contributed by atoms with Crippen molar-refractivity contribution in [2.75, 3.05) is 0 Å². The van der Waals surface area contributed by atoms with Crippen molar-refractivity contribution >= 4 is 23.4 Å². The molecular weight excluding hydrogens is 282 g/mol. The average Bonchev–Trinajstić information content (AvgIpc) is 3.05. The minimum absolute atomic E-state index is 0.585. The number of hydrogen-bond donors (Lipinski definition) is 1. The van der Waals surface area contributed by atoms with Crippen LogP contribution >= 0.6 is 12.2 Å². The molecule has 104 valence electrons. The molecule has 0 unspecified atom stereocenters. The van der Waals surface area contributed by atoms with Crippen LogP contribution in [0.4, 0.5) is 0 Å². The summed E-state index contributed by atoms with van der Waals surface area (Å²) >= 11 is 5.20. The SMILES string of the molecule is Cc1ccc(-c2cc3c4n[nH]c(=S)n4ccn3n2)cc1C. The molecule has 4 aromatic rings. The Morgan fingerprint density at radius 3 is 2.76 bits per heavy atom. The van der Waals surface area contributed by atoms with Gasteiger partial charge in [0.05, 0.1) is 5.69 Å². The predicted octanol–water partition coefficient (Wildman–Crippen LogP) is 3.32. The molecule has 0 fully saturated rings. The normalized spacial score (nSPS) is 11.5. The molecule has 0 saturated heterocycles. The summed E-state index contributed by atoms with van der Waals surface area (Å²) in [7, 11) is 0. The van der Waals surface area contributed by atoms with Crippen molar-refractivity contribution in [3.63, 3.8) is 0 Å². The molecule has 4 rings (SSSR count). The van der Waals surface area contributed by atoms with Crippen molar-refractivity contribution in [2.45, 2.75) is 13.8 Å². The number of rotatable bonds is 1. The molecule has 0 bridgehead atoms. The predicted molar refractivity (Wildman–Crippen MR) is 84.0 cm³/mol. The zero-order valence-electron chi connectivity index (χ0n) is 11.7. The third kappa shape index (κ3) is 1.80. The van der Waals surface area contributed by atoms with Crippen LogP contribution in [0.1, 0.15) is 11.1 Å². The van der Waals surface area contributed by atoms with Gasteiger partial charge in [-0.2, -0.15) is 10.2 Å². The molecule has 0 saturated carbocycles. The van der Waals surface area contributed by atoms with Crippen LogP contribution in [0.5, 0.6) is 0 Å². The molecule has 0 atom stereocenters. The summed E-state index contributed by atoms with van der Waals surface area (Å²) < 4.78 is 4.26. The van der Waals surface area contributed by atoms with Gasteiger partial charge in [-0.05, 0) is 49.3 Å². The van der Waals surface area contributed by atoms with Crippen molar-refractivity contribution in [3.8, 4) is 11.3 Å². The molecule has 0 amide bonds. The van der Waals surface area contributed by atoms with E-state index in [4.69, 9.17) is 12.2 Å². The third-order valence-corrected chi connectivity index (χ3v) is 4.12. The van der Waals surface area contributed by atoms with Gasteiger partial charge in [0, 0.05) is 18.0 Å². The van der Waals surface area contributed by atoms with Gasteiger partial charge in [-0.3, -0.25) is 9.50 Å². The summed E-state index contributed by atoms with van der Waals surface area (Å²) in [4.78, 5) is 0. The Balaban J connectivity index is 2.00. The number of aryl methyl sites for hydroxylation is 2. The molecule has 0 spiro atoms. The van der Waals surface area contributed by atoms with Gasteiger partial charge in [0.15, 0.2) is 10.4 Å². The highest BCUT2D eigenvalue weighted by Gasteiger charge is 2.10. The average molecular weight is 295 g/mol. The van der Waals surface area contributed by atoms with Gasteiger partial charge in [0.25, 0.3) is 0 Å². The van der Waals surface area contributed by atoms with Crippen LogP contribution in [0.3, 0.4) is 0 Å². The van der Waals surface area contributed by atoms with E-state index in [-0.39, 0.29) is 0 Å². The van der Waals surface area contributed by atoms with E-state index in [1.165, 1.54) is 11.1 Å². The first-order valence-corrected chi connectivity index (χ1v) is 7.07. The van der Waals surface area contributed by atoms with Gasteiger partial charge < -0.3 is 0 Å². The van der Waals surface area contributed by atoms with Crippen LogP contribution in [-0.4, -0.2) is 24.2 Å². The fraction of sp³-hybridized carbons (Fsp3) is 0.133. The first-order valence-electron chi connectivity index (χ1n) is 6.66. The maximum atomic E-state index is 5.20. The van der Waals surface area contributed by atoms with Crippen LogP contribution in [0.2, 0.25) is 0 Å². The Hall–Kier alpha value is -2.47. The second-order valence-corrected chi connectivity index (χ2v) is 5.57. The quantitative estimate of drug-likeness (QED) is 0.548. The summed E-state index contributed by atoms with van der Waals surface area (Å²) in [5.41, 5.74) is 6.29. The lowest BCUT2D eigenvalue weighted by atomic mass is 10.0. The van der Waals surface area contributed by atoms with Gasteiger partial charge in [-0.1, -0.05) is 12.1 Å².